The molecule has 0 saturated heterocycles. The number of alkyl halides is 3. The minimum absolute atomic E-state index is 0.0676. The lowest BCUT2D eigenvalue weighted by Crippen LogP contribution is -2.12. The smallest absolute Gasteiger partial charge is 0.256 e. The molecule has 2 heterocycles. The number of hydrogen-bond donors (Lipinski definition) is 0. The number of nitrogens with zero attached hydrogens (tertiary/aromatic N) is 1. The Bertz CT molecular complexity index is 1460. The molecule has 5 heteroatoms. The van der Waals surface area contributed by atoms with E-state index in [1.54, 1.807) is 12.3 Å². The Balaban J connectivity index is 1.82. The number of benzene rings is 3. The van der Waals surface area contributed by atoms with Crippen LogP contribution in [-0.4, -0.2) is 4.98 Å². The molecule has 1 nitrogen and oxygen atoms in total. The second kappa shape index (κ2) is 6.79. The Hall–Kier alpha value is -2.92. The molecule has 5 rings (SSSR count). The fourth-order valence-electron chi connectivity index (χ4n) is 4.18. The molecule has 0 aliphatic heterocycles. The van der Waals surface area contributed by atoms with Gasteiger partial charge in [-0.05, 0) is 52.1 Å². The number of pyridine rings is 1. The molecule has 0 saturated carbocycles. The van der Waals surface area contributed by atoms with Crippen LogP contribution in [0.3, 0.4) is 0 Å². The third kappa shape index (κ3) is 3.37. The van der Waals surface area contributed by atoms with Crippen LogP contribution in [0.2, 0.25) is 0 Å². The molecule has 0 spiro atoms. The Morgan fingerprint density at radius 2 is 1.58 bits per heavy atom. The molecule has 3 aromatic carbocycles. The predicted molar refractivity (Wildman–Crippen MR) is 124 cm³/mol. The summed E-state index contributed by atoms with van der Waals surface area (Å²) in [4.78, 5) is 4.69. The summed E-state index contributed by atoms with van der Waals surface area (Å²) in [5, 5.41) is 4.05. The molecule has 0 bridgehead atoms. The van der Waals surface area contributed by atoms with E-state index in [0.29, 0.717) is 4.70 Å². The molecular weight excluding hydrogens is 415 g/mol. The van der Waals surface area contributed by atoms with Crippen molar-refractivity contribution >= 4 is 42.3 Å². The second-order valence-electron chi connectivity index (χ2n) is 8.84. The zero-order valence-electron chi connectivity index (χ0n) is 17.3. The second-order valence-corrected chi connectivity index (χ2v) is 9.92. The summed E-state index contributed by atoms with van der Waals surface area (Å²) in [5.41, 5.74) is 2.32. The third-order valence-electron chi connectivity index (χ3n) is 5.65. The quantitative estimate of drug-likeness (QED) is 0.257. The van der Waals surface area contributed by atoms with Gasteiger partial charge in [0.05, 0.1) is 11.3 Å². The normalized spacial score (nSPS) is 12.8. The maximum Gasteiger partial charge on any atom is 0.416 e. The Morgan fingerprint density at radius 1 is 0.806 bits per heavy atom. The molecule has 0 fully saturated rings. The van der Waals surface area contributed by atoms with E-state index in [1.165, 1.54) is 28.4 Å². The van der Waals surface area contributed by atoms with Crippen molar-refractivity contribution in [3.05, 3.63) is 78.0 Å². The van der Waals surface area contributed by atoms with E-state index in [0.717, 1.165) is 38.2 Å². The standard InChI is InChI=1S/C26H20F3NS/c1-25(2,3)20-13-16(12-15-6-4-5-7-18(15)20)24-23-19-9-8-17(26(27,28)29)14-22(19)31-21(23)10-11-30-24/h4-14H,1-3H3. The fourth-order valence-corrected chi connectivity index (χ4v) is 5.32. The van der Waals surface area contributed by atoms with Crippen LogP contribution in [0.4, 0.5) is 13.2 Å². The van der Waals surface area contributed by atoms with Crippen LogP contribution in [0.15, 0.2) is 66.9 Å². The SMILES string of the molecule is CC(C)(C)c1cc(-c2nccc3sc4cc(C(F)(F)F)ccc4c23)cc2ccccc12. The number of thiophene rings is 1. The van der Waals surface area contributed by atoms with Crippen molar-refractivity contribution in [2.24, 2.45) is 0 Å². The van der Waals surface area contributed by atoms with Gasteiger partial charge in [0.2, 0.25) is 0 Å². The van der Waals surface area contributed by atoms with E-state index >= 15 is 0 Å². The van der Waals surface area contributed by atoms with Gasteiger partial charge in [0.15, 0.2) is 0 Å². The molecule has 0 atom stereocenters. The first kappa shape index (κ1) is 20.0. The number of aromatic nitrogens is 1. The van der Waals surface area contributed by atoms with Crippen molar-refractivity contribution in [3.8, 4) is 11.3 Å². The Labute approximate surface area is 182 Å². The number of halogens is 3. The molecule has 5 aromatic rings. The highest BCUT2D eigenvalue weighted by Crippen LogP contribution is 2.43. The van der Waals surface area contributed by atoms with E-state index in [4.69, 9.17) is 0 Å². The van der Waals surface area contributed by atoms with Crippen LogP contribution in [0.5, 0.6) is 0 Å². The van der Waals surface area contributed by atoms with Gasteiger partial charge in [-0.15, -0.1) is 11.3 Å². The van der Waals surface area contributed by atoms with Crippen LogP contribution in [0, 0.1) is 0 Å². The van der Waals surface area contributed by atoms with Gasteiger partial charge in [0, 0.05) is 31.9 Å². The van der Waals surface area contributed by atoms with Crippen molar-refractivity contribution in [2.45, 2.75) is 32.4 Å². The minimum Gasteiger partial charge on any atom is -0.256 e. The van der Waals surface area contributed by atoms with Crippen LogP contribution in [-0.2, 0) is 11.6 Å². The molecule has 0 aliphatic rings. The molecule has 0 N–H and O–H groups in total. The Morgan fingerprint density at radius 3 is 2.32 bits per heavy atom. The topological polar surface area (TPSA) is 12.9 Å². The summed E-state index contributed by atoms with van der Waals surface area (Å²) in [6, 6.07) is 18.4. The first-order chi connectivity index (χ1) is 14.6. The van der Waals surface area contributed by atoms with Crippen LogP contribution in [0.1, 0.15) is 31.9 Å². The highest BCUT2D eigenvalue weighted by atomic mass is 32.1. The van der Waals surface area contributed by atoms with Gasteiger partial charge in [0.25, 0.3) is 0 Å². The summed E-state index contributed by atoms with van der Waals surface area (Å²) in [6.07, 6.45) is -2.62. The highest BCUT2D eigenvalue weighted by molar-refractivity contribution is 7.25. The van der Waals surface area contributed by atoms with E-state index in [9.17, 15) is 13.2 Å². The highest BCUT2D eigenvalue weighted by Gasteiger charge is 2.31. The molecule has 0 unspecified atom stereocenters. The Kier molecular flexibility index (Phi) is 4.38. The third-order valence-corrected chi connectivity index (χ3v) is 6.77. The van der Waals surface area contributed by atoms with Gasteiger partial charge in [-0.3, -0.25) is 4.98 Å². The maximum atomic E-state index is 13.2. The lowest BCUT2D eigenvalue weighted by molar-refractivity contribution is -0.137. The monoisotopic (exact) mass is 435 g/mol. The summed E-state index contributed by atoms with van der Waals surface area (Å²) >= 11 is 1.37. The van der Waals surface area contributed by atoms with Crippen molar-refractivity contribution in [2.75, 3.05) is 0 Å². The van der Waals surface area contributed by atoms with Crippen molar-refractivity contribution in [1.82, 2.24) is 4.98 Å². The first-order valence-corrected chi connectivity index (χ1v) is 10.9. The van der Waals surface area contributed by atoms with Crippen LogP contribution >= 0.6 is 11.3 Å². The summed E-state index contributed by atoms with van der Waals surface area (Å²) in [6.45, 7) is 6.56. The predicted octanol–water partition coefficient (Wildman–Crippen LogP) is 8.59. The van der Waals surface area contributed by atoms with Gasteiger partial charge in [-0.2, -0.15) is 13.2 Å². The van der Waals surface area contributed by atoms with E-state index in [2.05, 4.69) is 50.0 Å². The zero-order chi connectivity index (χ0) is 22.0. The van der Waals surface area contributed by atoms with Crippen LogP contribution in [0.25, 0.3) is 42.2 Å². The van der Waals surface area contributed by atoms with Crippen LogP contribution < -0.4 is 0 Å². The summed E-state index contributed by atoms with van der Waals surface area (Å²) in [7, 11) is 0. The molecule has 0 amide bonds. The minimum atomic E-state index is -4.36. The fraction of sp³-hybridized carbons (Fsp3) is 0.192. The van der Waals surface area contributed by atoms with E-state index in [1.807, 2.05) is 18.2 Å². The molecule has 0 radical (unpaired) electrons. The zero-order valence-corrected chi connectivity index (χ0v) is 18.2. The molecular formula is C26H20F3NS. The number of hydrogen-bond acceptors (Lipinski definition) is 2. The number of rotatable bonds is 1. The summed E-state index contributed by atoms with van der Waals surface area (Å²) < 4.78 is 41.2. The molecule has 2 aromatic heterocycles. The first-order valence-electron chi connectivity index (χ1n) is 10.0. The molecule has 0 aliphatic carbocycles. The number of fused-ring (bicyclic) bond motifs is 4. The van der Waals surface area contributed by atoms with Crippen molar-refractivity contribution in [1.29, 1.82) is 0 Å². The van der Waals surface area contributed by atoms with Gasteiger partial charge in [0.1, 0.15) is 0 Å². The lowest BCUT2D eigenvalue weighted by atomic mass is 9.82. The van der Waals surface area contributed by atoms with Crippen molar-refractivity contribution in [3.63, 3.8) is 0 Å². The lowest BCUT2D eigenvalue weighted by Gasteiger charge is -2.23. The van der Waals surface area contributed by atoms with E-state index < -0.39 is 11.7 Å². The van der Waals surface area contributed by atoms with Gasteiger partial charge >= 0.3 is 6.18 Å². The average molecular weight is 436 g/mol. The molecule has 31 heavy (non-hydrogen) atoms. The van der Waals surface area contributed by atoms with E-state index in [-0.39, 0.29) is 5.41 Å². The van der Waals surface area contributed by atoms with Gasteiger partial charge in [-0.1, -0.05) is 51.1 Å². The average Bonchev–Trinajstić information content (AvgIpc) is 3.09. The van der Waals surface area contributed by atoms with Gasteiger partial charge < -0.3 is 0 Å². The van der Waals surface area contributed by atoms with Gasteiger partial charge in [-0.25, -0.2) is 0 Å². The van der Waals surface area contributed by atoms with Crippen molar-refractivity contribution < 1.29 is 13.2 Å². The largest absolute Gasteiger partial charge is 0.416 e. The summed E-state index contributed by atoms with van der Waals surface area (Å²) in [5.74, 6) is 0. The molecule has 156 valence electrons. The maximum absolute atomic E-state index is 13.2.